The molecule has 64 heavy (non-hydrogen) atoms. The van der Waals surface area contributed by atoms with Gasteiger partial charge in [-0.05, 0) is 101 Å². The van der Waals surface area contributed by atoms with Crippen LogP contribution in [0.5, 0.6) is 11.5 Å². The molecule has 10 rings (SSSR count). The molecule has 0 unspecified atom stereocenters. The van der Waals surface area contributed by atoms with E-state index in [1.54, 1.807) is 35.3 Å². The zero-order valence-corrected chi connectivity index (χ0v) is 37.1. The Hall–Kier alpha value is -6.96. The van der Waals surface area contributed by atoms with Gasteiger partial charge in [-0.25, -0.2) is 9.91 Å². The highest BCUT2D eigenvalue weighted by Crippen LogP contribution is 2.58. The molecule has 0 aromatic heterocycles. The van der Waals surface area contributed by atoms with Crippen molar-refractivity contribution >= 4 is 74.3 Å². The van der Waals surface area contributed by atoms with Gasteiger partial charge in [0.25, 0.3) is 17.7 Å². The molecule has 0 aliphatic carbocycles. The van der Waals surface area contributed by atoms with E-state index in [-0.39, 0.29) is 22.8 Å². The molecule has 13 heteroatoms. The van der Waals surface area contributed by atoms with E-state index in [9.17, 15) is 14.4 Å². The smallest absolute Gasteiger partial charge is 0.274 e. The average Bonchev–Trinajstić information content (AvgIpc) is 3.56. The van der Waals surface area contributed by atoms with Crippen molar-refractivity contribution in [3.8, 4) is 11.5 Å². The Kier molecular flexibility index (Phi) is 10.5. The van der Waals surface area contributed by atoms with E-state index < -0.39 is 5.54 Å². The fourth-order valence-corrected chi connectivity index (χ4v) is 10.2. The number of anilines is 5. The Labute approximate surface area is 377 Å². The molecule has 2 N–H and O–H groups in total. The van der Waals surface area contributed by atoms with Gasteiger partial charge in [0, 0.05) is 118 Å². The number of thiocarbonyl (C=S) groups is 1. The summed E-state index contributed by atoms with van der Waals surface area (Å²) in [4.78, 5) is 51.1. The van der Waals surface area contributed by atoms with Crippen molar-refractivity contribution < 1.29 is 23.9 Å². The van der Waals surface area contributed by atoms with Gasteiger partial charge in [0.2, 0.25) is 0 Å². The zero-order chi connectivity index (χ0) is 44.3. The number of hydrogen-bond donors (Lipinski definition) is 2. The largest absolute Gasteiger partial charge is 0.456 e. The normalized spacial score (nSPS) is 15.8. The molecular weight excluding hydrogens is 823 g/mol. The number of carbonyl (C=O) groups excluding carboxylic acids is 3. The van der Waals surface area contributed by atoms with Crippen molar-refractivity contribution in [2.24, 2.45) is 0 Å². The van der Waals surface area contributed by atoms with Crippen LogP contribution in [0.15, 0.2) is 115 Å². The first-order valence-electron chi connectivity index (χ1n) is 22.1. The molecule has 4 aliphatic rings. The highest BCUT2D eigenvalue weighted by Gasteiger charge is 2.57. The number of nitrogens with zero attached hydrogens (tertiary/aromatic N) is 5. The second-order valence-corrected chi connectivity index (χ2v) is 16.6. The molecule has 4 aliphatic heterocycles. The summed E-state index contributed by atoms with van der Waals surface area (Å²) < 4.78 is 12.4. The second-order valence-electron chi connectivity index (χ2n) is 16.2. The molecule has 0 bridgehead atoms. The van der Waals surface area contributed by atoms with Gasteiger partial charge < -0.3 is 29.5 Å². The molecular formula is C51H49N7O5S. The lowest BCUT2D eigenvalue weighted by atomic mass is 9.75. The monoisotopic (exact) mass is 871 g/mol. The van der Waals surface area contributed by atoms with Crippen molar-refractivity contribution in [2.75, 3.05) is 77.4 Å². The number of imide groups is 1. The fourth-order valence-electron chi connectivity index (χ4n) is 10.0. The summed E-state index contributed by atoms with van der Waals surface area (Å²) in [5.41, 5.74) is 10.1. The molecule has 0 saturated carbocycles. The van der Waals surface area contributed by atoms with Gasteiger partial charge in [-0.2, -0.15) is 0 Å². The topological polar surface area (TPSA) is 110 Å². The highest BCUT2D eigenvalue weighted by molar-refractivity contribution is 7.80. The number of amides is 3. The Morgan fingerprint density at radius 2 is 1.25 bits per heavy atom. The number of hydrazine groups is 1. The molecule has 1 spiro atoms. The van der Waals surface area contributed by atoms with Crippen LogP contribution in [0, 0.1) is 0 Å². The van der Waals surface area contributed by atoms with Crippen LogP contribution in [0.3, 0.4) is 0 Å². The summed E-state index contributed by atoms with van der Waals surface area (Å²) in [6, 6.07) is 36.5. The number of morpholine rings is 1. The molecule has 6 aromatic carbocycles. The molecule has 324 valence electrons. The first-order chi connectivity index (χ1) is 31.2. The maximum atomic E-state index is 14.8. The van der Waals surface area contributed by atoms with E-state index in [0.29, 0.717) is 58.2 Å². The van der Waals surface area contributed by atoms with Crippen LogP contribution in [0.25, 0.3) is 10.8 Å². The van der Waals surface area contributed by atoms with Crippen LogP contribution in [0.1, 0.15) is 75.5 Å². The maximum Gasteiger partial charge on any atom is 0.274 e. The van der Waals surface area contributed by atoms with E-state index in [1.165, 1.54) is 4.90 Å². The van der Waals surface area contributed by atoms with E-state index >= 15 is 0 Å². The van der Waals surface area contributed by atoms with Crippen molar-refractivity contribution in [1.29, 1.82) is 0 Å². The molecule has 3 amide bonds. The number of carbonyl (C=O) groups is 3. The van der Waals surface area contributed by atoms with Gasteiger partial charge in [0.1, 0.15) is 17.0 Å². The van der Waals surface area contributed by atoms with Gasteiger partial charge in [0.05, 0.1) is 18.9 Å². The quantitative estimate of drug-likeness (QED) is 0.102. The van der Waals surface area contributed by atoms with Gasteiger partial charge in [-0.1, -0.05) is 42.5 Å². The number of fused-ring (bicyclic) bond motifs is 6. The minimum atomic E-state index is -1.16. The first kappa shape index (κ1) is 41.1. The van der Waals surface area contributed by atoms with E-state index in [0.717, 1.165) is 78.4 Å². The number of rotatable bonds is 10. The minimum Gasteiger partial charge on any atom is -0.456 e. The number of hydrogen-bond acceptors (Lipinski definition) is 9. The Bertz CT molecular complexity index is 2790. The van der Waals surface area contributed by atoms with Gasteiger partial charge >= 0.3 is 0 Å². The third-order valence-corrected chi connectivity index (χ3v) is 13.3. The standard InChI is InChI=1S/C51H49N7O5S/c1-5-54(6-2)34-20-23-41-44(30-34)63-45-31-35(55(7-3)8-4)21-24-42(45)51(41)40-15-10-9-12-36(40)49(61)58(51)53-50(64)52-32-16-18-33(19-17-32)57-47(59)38-14-11-13-37-43(56-26-28-62-29-27-56)25-22-39(46(37)38)48(57)60/h9-25,30-31H,5-8,26-29H2,1-4H3,(H2,52,53,64). The Morgan fingerprint density at radius 1 is 0.656 bits per heavy atom. The molecule has 0 atom stereocenters. The second kappa shape index (κ2) is 16.3. The predicted octanol–water partition coefficient (Wildman–Crippen LogP) is 8.92. The summed E-state index contributed by atoms with van der Waals surface area (Å²) >= 11 is 6.00. The molecule has 6 aromatic rings. The fraction of sp³-hybridized carbons (Fsp3) is 0.255. The number of ether oxygens (including phenoxy) is 2. The lowest BCUT2D eigenvalue weighted by molar-refractivity contribution is 0.0594. The van der Waals surface area contributed by atoms with E-state index in [4.69, 9.17) is 21.7 Å². The summed E-state index contributed by atoms with van der Waals surface area (Å²) in [7, 11) is 0. The van der Waals surface area contributed by atoms with Crippen LogP contribution in [-0.2, 0) is 10.3 Å². The lowest BCUT2D eigenvalue weighted by Crippen LogP contribution is -2.56. The van der Waals surface area contributed by atoms with Gasteiger partial charge in [-0.15, -0.1) is 0 Å². The number of nitrogens with one attached hydrogen (secondary N) is 2. The Morgan fingerprint density at radius 3 is 1.88 bits per heavy atom. The van der Waals surface area contributed by atoms with Crippen LogP contribution < -0.4 is 35.1 Å². The predicted molar refractivity (Wildman–Crippen MR) is 256 cm³/mol. The zero-order valence-electron chi connectivity index (χ0n) is 36.3. The minimum absolute atomic E-state index is 0.171. The average molecular weight is 872 g/mol. The van der Waals surface area contributed by atoms with Crippen LogP contribution in [-0.4, -0.2) is 80.3 Å². The van der Waals surface area contributed by atoms with Crippen LogP contribution in [0.2, 0.25) is 0 Å². The third-order valence-electron chi connectivity index (χ3n) is 13.1. The van der Waals surface area contributed by atoms with Crippen molar-refractivity contribution in [2.45, 2.75) is 33.2 Å². The summed E-state index contributed by atoms with van der Waals surface area (Å²) in [5.74, 6) is 0.283. The van der Waals surface area contributed by atoms with E-state index in [2.05, 4.69) is 89.5 Å². The third kappa shape index (κ3) is 6.35. The molecule has 4 heterocycles. The van der Waals surface area contributed by atoms with Crippen molar-refractivity contribution in [3.63, 3.8) is 0 Å². The van der Waals surface area contributed by atoms with Crippen LogP contribution in [0.4, 0.5) is 28.4 Å². The van der Waals surface area contributed by atoms with Crippen molar-refractivity contribution in [3.05, 3.63) is 149 Å². The SMILES string of the molecule is CCN(CC)c1ccc2c(c1)Oc1cc(N(CC)CC)ccc1C21c2ccccc2C(=O)N1NC(=S)Nc1ccc(N2C(=O)c3cccc4c(N5CCOCC5)ccc(c34)C2=O)cc1. The highest BCUT2D eigenvalue weighted by atomic mass is 32.1. The summed E-state index contributed by atoms with van der Waals surface area (Å²) in [6.45, 7) is 14.5. The van der Waals surface area contributed by atoms with Gasteiger partial charge in [-0.3, -0.25) is 19.8 Å². The molecule has 1 fully saturated rings. The van der Waals surface area contributed by atoms with Gasteiger partial charge in [0.15, 0.2) is 5.11 Å². The number of benzene rings is 6. The van der Waals surface area contributed by atoms with E-state index in [1.807, 2.05) is 48.5 Å². The first-order valence-corrected chi connectivity index (χ1v) is 22.5. The molecule has 12 nitrogen and oxygen atoms in total. The molecule has 1 saturated heterocycles. The maximum absolute atomic E-state index is 14.8. The lowest BCUT2D eigenvalue weighted by Gasteiger charge is -2.44. The van der Waals surface area contributed by atoms with Crippen molar-refractivity contribution in [1.82, 2.24) is 10.4 Å². The summed E-state index contributed by atoms with van der Waals surface area (Å²) in [6.07, 6.45) is 0. The Balaban J connectivity index is 0.973. The molecule has 0 radical (unpaired) electrons. The van der Waals surface area contributed by atoms with Crippen LogP contribution >= 0.6 is 12.2 Å². The summed E-state index contributed by atoms with van der Waals surface area (Å²) in [5, 5.41) is 6.61.